The second-order valence-electron chi connectivity index (χ2n) is 7.16. The first-order valence-electron chi connectivity index (χ1n) is 9.79. The molecule has 144 valence electrons. The Morgan fingerprint density at radius 2 is 2.08 bits per heavy atom. The lowest BCUT2D eigenvalue weighted by molar-refractivity contribution is -0.280. The Bertz CT molecular complexity index is 418. The molecule has 3 atom stereocenters. The minimum absolute atomic E-state index is 0.111. The van der Waals surface area contributed by atoms with E-state index in [1.54, 1.807) is 0 Å². The highest BCUT2D eigenvalue weighted by molar-refractivity contribution is 5.83. The Hall–Kier alpha value is -1.20. The molecule has 1 fully saturated rings. The van der Waals surface area contributed by atoms with Crippen molar-refractivity contribution in [2.24, 2.45) is 11.8 Å². The quantitative estimate of drug-likeness (QED) is 0.198. The first kappa shape index (κ1) is 21.8. The lowest BCUT2D eigenvalue weighted by Gasteiger charge is -2.16. The zero-order chi connectivity index (χ0) is 18.5. The summed E-state index contributed by atoms with van der Waals surface area (Å²) in [5, 5.41) is 17.4. The maximum Gasteiger partial charge on any atom is 0.306 e. The van der Waals surface area contributed by atoms with Gasteiger partial charge in [-0.1, -0.05) is 51.2 Å². The van der Waals surface area contributed by atoms with Crippen molar-refractivity contribution in [1.29, 1.82) is 0 Å². The number of rotatable bonds is 14. The Morgan fingerprint density at radius 3 is 2.76 bits per heavy atom. The smallest absolute Gasteiger partial charge is 0.306 e. The normalized spacial score (nSPS) is 21.9. The number of hydrogen-bond acceptors (Lipinski definition) is 4. The van der Waals surface area contributed by atoms with E-state index in [9.17, 15) is 9.59 Å². The molecule has 0 spiro atoms. The fraction of sp³-hybridized carbons (Fsp3) is 0.800. The van der Waals surface area contributed by atoms with Gasteiger partial charge in [-0.25, -0.2) is 4.89 Å². The third kappa shape index (κ3) is 9.17. The second kappa shape index (κ2) is 13.1. The van der Waals surface area contributed by atoms with Gasteiger partial charge in [0.25, 0.3) is 0 Å². The Kier molecular flexibility index (Phi) is 11.4. The Balaban J connectivity index is 2.28. The Labute approximate surface area is 151 Å². The van der Waals surface area contributed by atoms with Crippen LogP contribution in [0.3, 0.4) is 0 Å². The molecule has 1 aliphatic rings. The van der Waals surface area contributed by atoms with Gasteiger partial charge in [-0.3, -0.25) is 14.8 Å². The van der Waals surface area contributed by atoms with E-state index < -0.39 is 12.1 Å². The molecule has 5 nitrogen and oxygen atoms in total. The number of Topliss-reactive ketones (excluding diaryl/α,β-unsaturated/α-hetero) is 1. The van der Waals surface area contributed by atoms with Crippen LogP contribution >= 0.6 is 0 Å². The summed E-state index contributed by atoms with van der Waals surface area (Å²) >= 11 is 0. The minimum atomic E-state index is -0.978. The van der Waals surface area contributed by atoms with Crippen LogP contribution in [0.4, 0.5) is 0 Å². The molecule has 0 bridgehead atoms. The predicted octanol–water partition coefficient (Wildman–Crippen LogP) is 5.00. The number of carbonyl (C=O) groups excluding carboxylic acids is 1. The van der Waals surface area contributed by atoms with Crippen molar-refractivity contribution in [3.8, 4) is 0 Å². The van der Waals surface area contributed by atoms with Crippen molar-refractivity contribution in [2.45, 2.75) is 90.1 Å². The Morgan fingerprint density at radius 1 is 1.28 bits per heavy atom. The van der Waals surface area contributed by atoms with Gasteiger partial charge in [0.1, 0.15) is 11.9 Å². The van der Waals surface area contributed by atoms with Crippen LogP contribution < -0.4 is 0 Å². The number of carboxylic acids is 1. The molecule has 0 saturated heterocycles. The highest BCUT2D eigenvalue weighted by Gasteiger charge is 2.32. The molecule has 5 heteroatoms. The SMILES string of the molecule is CCCCCCC=C[C@H]1CCC(=O)[C@@H]1CCCCC(CC(=O)O)OO. The summed E-state index contributed by atoms with van der Waals surface area (Å²) in [4.78, 5) is 27.0. The summed E-state index contributed by atoms with van der Waals surface area (Å²) in [7, 11) is 0. The van der Waals surface area contributed by atoms with Crippen LogP contribution in [0.1, 0.15) is 84.0 Å². The molecule has 0 aromatic heterocycles. The van der Waals surface area contributed by atoms with Gasteiger partial charge in [0, 0.05) is 12.3 Å². The monoisotopic (exact) mass is 354 g/mol. The van der Waals surface area contributed by atoms with Gasteiger partial charge in [-0.15, -0.1) is 0 Å². The fourth-order valence-corrected chi connectivity index (χ4v) is 3.62. The molecule has 2 N–H and O–H groups in total. The maximum absolute atomic E-state index is 12.1. The third-order valence-electron chi connectivity index (χ3n) is 5.10. The molecule has 1 saturated carbocycles. The van der Waals surface area contributed by atoms with E-state index in [1.165, 1.54) is 25.7 Å². The summed E-state index contributed by atoms with van der Waals surface area (Å²) in [5.41, 5.74) is 0. The van der Waals surface area contributed by atoms with Crippen molar-refractivity contribution in [3.05, 3.63) is 12.2 Å². The molecule has 0 aliphatic heterocycles. The van der Waals surface area contributed by atoms with E-state index >= 15 is 0 Å². The van der Waals surface area contributed by atoms with E-state index in [4.69, 9.17) is 10.4 Å². The number of allylic oxidation sites excluding steroid dienone is 2. The molecule has 25 heavy (non-hydrogen) atoms. The molecule has 1 rings (SSSR count). The molecule has 0 heterocycles. The van der Waals surface area contributed by atoms with Crippen LogP contribution in [-0.2, 0) is 14.5 Å². The van der Waals surface area contributed by atoms with Crippen molar-refractivity contribution < 1.29 is 24.8 Å². The summed E-state index contributed by atoms with van der Waals surface area (Å²) < 4.78 is 0. The lowest BCUT2D eigenvalue weighted by Crippen LogP contribution is -2.17. The van der Waals surface area contributed by atoms with Crippen LogP contribution in [0.15, 0.2) is 12.2 Å². The van der Waals surface area contributed by atoms with Crippen molar-refractivity contribution >= 4 is 11.8 Å². The van der Waals surface area contributed by atoms with E-state index in [0.717, 1.165) is 32.1 Å². The van der Waals surface area contributed by atoms with Crippen LogP contribution in [0.2, 0.25) is 0 Å². The number of hydrogen-bond donors (Lipinski definition) is 2. The van der Waals surface area contributed by atoms with Crippen LogP contribution in [-0.4, -0.2) is 28.2 Å². The number of aliphatic carboxylic acids is 1. The maximum atomic E-state index is 12.1. The minimum Gasteiger partial charge on any atom is -0.481 e. The largest absolute Gasteiger partial charge is 0.481 e. The summed E-state index contributed by atoms with van der Waals surface area (Å²) in [6.45, 7) is 2.21. The van der Waals surface area contributed by atoms with Gasteiger partial charge >= 0.3 is 5.97 Å². The molecular formula is C20H34O5. The molecule has 0 radical (unpaired) electrons. The topological polar surface area (TPSA) is 83.8 Å². The summed E-state index contributed by atoms with van der Waals surface area (Å²) in [5.74, 6) is -0.141. The lowest BCUT2D eigenvalue weighted by atomic mass is 9.89. The zero-order valence-corrected chi connectivity index (χ0v) is 15.5. The van der Waals surface area contributed by atoms with Gasteiger partial charge in [0.2, 0.25) is 0 Å². The van der Waals surface area contributed by atoms with Gasteiger partial charge < -0.3 is 5.11 Å². The van der Waals surface area contributed by atoms with Crippen LogP contribution in [0, 0.1) is 11.8 Å². The average Bonchev–Trinajstić information content (AvgIpc) is 2.93. The molecular weight excluding hydrogens is 320 g/mol. The standard InChI is InChI=1S/C20H34O5/c1-2-3-4-5-6-7-10-16-13-14-19(21)18(16)12-9-8-11-17(25-24)15-20(22)23/h7,10,16-18,24H,2-6,8-9,11-15H2,1H3,(H,22,23)/t16-,17?,18+/m0/s1. The predicted molar refractivity (Wildman–Crippen MR) is 97.3 cm³/mol. The van der Waals surface area contributed by atoms with E-state index in [1.807, 2.05) is 0 Å². The van der Waals surface area contributed by atoms with Gasteiger partial charge in [0.05, 0.1) is 6.42 Å². The number of unbranched alkanes of at least 4 members (excludes halogenated alkanes) is 5. The van der Waals surface area contributed by atoms with Crippen LogP contribution in [0.25, 0.3) is 0 Å². The van der Waals surface area contributed by atoms with E-state index in [-0.39, 0.29) is 12.3 Å². The van der Waals surface area contributed by atoms with Gasteiger partial charge in [-0.2, -0.15) is 0 Å². The first-order chi connectivity index (χ1) is 12.1. The van der Waals surface area contributed by atoms with Crippen LogP contribution in [0.5, 0.6) is 0 Å². The van der Waals surface area contributed by atoms with E-state index in [0.29, 0.717) is 24.5 Å². The van der Waals surface area contributed by atoms with Crippen molar-refractivity contribution in [2.75, 3.05) is 0 Å². The molecule has 0 aromatic rings. The summed E-state index contributed by atoms with van der Waals surface area (Å²) in [6, 6.07) is 0. The van der Waals surface area contributed by atoms with E-state index in [2.05, 4.69) is 24.0 Å². The highest BCUT2D eigenvalue weighted by atomic mass is 17.1. The molecule has 1 unspecified atom stereocenters. The van der Waals surface area contributed by atoms with Gasteiger partial charge in [0.15, 0.2) is 0 Å². The highest BCUT2D eigenvalue weighted by Crippen LogP contribution is 2.34. The molecule has 1 aliphatic carbocycles. The fourth-order valence-electron chi connectivity index (χ4n) is 3.62. The van der Waals surface area contributed by atoms with Crippen molar-refractivity contribution in [1.82, 2.24) is 0 Å². The zero-order valence-electron chi connectivity index (χ0n) is 15.5. The average molecular weight is 354 g/mol. The second-order valence-corrected chi connectivity index (χ2v) is 7.16. The summed E-state index contributed by atoms with van der Waals surface area (Å²) in [6.07, 6.45) is 14.4. The number of carboxylic acid groups (broad SMARTS) is 1. The van der Waals surface area contributed by atoms with Crippen molar-refractivity contribution in [3.63, 3.8) is 0 Å². The molecule has 0 aromatic carbocycles. The van der Waals surface area contributed by atoms with Gasteiger partial charge in [-0.05, 0) is 38.0 Å². The third-order valence-corrected chi connectivity index (χ3v) is 5.10. The number of carbonyl (C=O) groups is 2. The number of ketones is 1. The molecule has 0 amide bonds. The first-order valence-corrected chi connectivity index (χ1v) is 9.79.